The van der Waals surface area contributed by atoms with Crippen molar-refractivity contribution in [3.05, 3.63) is 22.4 Å². The molecule has 1 aromatic rings. The summed E-state index contributed by atoms with van der Waals surface area (Å²) in [4.78, 5) is 12.4. The molecule has 1 rings (SSSR count). The van der Waals surface area contributed by atoms with Crippen molar-refractivity contribution in [2.24, 2.45) is 0 Å². The van der Waals surface area contributed by atoms with E-state index >= 15 is 0 Å². The van der Waals surface area contributed by atoms with Crippen molar-refractivity contribution in [1.29, 1.82) is 0 Å². The van der Waals surface area contributed by atoms with E-state index in [1.807, 2.05) is 17.5 Å². The number of thiophene rings is 1. The highest BCUT2D eigenvalue weighted by Crippen LogP contribution is 2.09. The number of hydrogen-bond acceptors (Lipinski definition) is 5. The van der Waals surface area contributed by atoms with Crippen molar-refractivity contribution < 1.29 is 14.3 Å². The van der Waals surface area contributed by atoms with Crippen LogP contribution in [0, 0.1) is 0 Å². The van der Waals surface area contributed by atoms with E-state index in [1.54, 1.807) is 11.3 Å². The Morgan fingerprint density at radius 2 is 2.22 bits per heavy atom. The van der Waals surface area contributed by atoms with E-state index in [2.05, 4.69) is 12.2 Å². The highest BCUT2D eigenvalue weighted by molar-refractivity contribution is 7.10. The predicted octanol–water partition coefficient (Wildman–Crippen LogP) is 1.85. The van der Waals surface area contributed by atoms with Crippen molar-refractivity contribution in [2.45, 2.75) is 19.8 Å². The van der Waals surface area contributed by atoms with Crippen LogP contribution in [0.15, 0.2) is 17.5 Å². The topological polar surface area (TPSA) is 47.6 Å². The van der Waals surface area contributed by atoms with E-state index in [0.717, 1.165) is 24.4 Å². The third-order valence-electron chi connectivity index (χ3n) is 2.24. The van der Waals surface area contributed by atoms with Crippen LogP contribution in [0.4, 0.5) is 0 Å². The fraction of sp³-hybridized carbons (Fsp3) is 0.615. The molecule has 0 aliphatic rings. The molecule has 1 aromatic heterocycles. The Labute approximate surface area is 112 Å². The zero-order chi connectivity index (χ0) is 13.1. The van der Waals surface area contributed by atoms with E-state index < -0.39 is 0 Å². The van der Waals surface area contributed by atoms with Gasteiger partial charge < -0.3 is 14.8 Å². The van der Waals surface area contributed by atoms with Gasteiger partial charge in [-0.3, -0.25) is 4.79 Å². The molecule has 0 atom stereocenters. The minimum atomic E-state index is -0.190. The minimum absolute atomic E-state index is 0.190. The van der Waals surface area contributed by atoms with Crippen LogP contribution in [0.25, 0.3) is 0 Å². The maximum absolute atomic E-state index is 11.4. The summed E-state index contributed by atoms with van der Waals surface area (Å²) in [7, 11) is 0. The Balaban J connectivity index is 1.90. The lowest BCUT2D eigenvalue weighted by Crippen LogP contribution is -2.21. The summed E-state index contributed by atoms with van der Waals surface area (Å²) in [5.74, 6) is -0.190. The summed E-state index contributed by atoms with van der Waals surface area (Å²) in [5, 5.41) is 5.19. The Morgan fingerprint density at radius 1 is 1.33 bits per heavy atom. The molecule has 0 saturated heterocycles. The zero-order valence-electron chi connectivity index (χ0n) is 10.8. The molecular weight excluding hydrogens is 250 g/mol. The van der Waals surface area contributed by atoms with Gasteiger partial charge in [-0.1, -0.05) is 13.0 Å². The molecule has 1 heterocycles. The lowest BCUT2D eigenvalue weighted by molar-refractivity contribution is -0.144. The van der Waals surface area contributed by atoms with Crippen molar-refractivity contribution >= 4 is 17.3 Å². The first-order valence-electron chi connectivity index (χ1n) is 6.29. The van der Waals surface area contributed by atoms with Crippen LogP contribution in [-0.2, 0) is 20.7 Å². The van der Waals surface area contributed by atoms with Gasteiger partial charge in [0.05, 0.1) is 19.6 Å². The van der Waals surface area contributed by atoms with Crippen LogP contribution in [0.3, 0.4) is 0 Å². The Kier molecular flexibility index (Phi) is 8.46. The second kappa shape index (κ2) is 10.1. The van der Waals surface area contributed by atoms with Gasteiger partial charge in [-0.05, 0) is 24.4 Å². The third kappa shape index (κ3) is 7.42. The average molecular weight is 271 g/mol. The highest BCUT2D eigenvalue weighted by atomic mass is 32.1. The first-order valence-corrected chi connectivity index (χ1v) is 7.17. The molecule has 0 fully saturated rings. The molecule has 0 saturated carbocycles. The number of nitrogens with one attached hydrogen (secondary N) is 1. The predicted molar refractivity (Wildman–Crippen MR) is 73.0 cm³/mol. The smallest absolute Gasteiger partial charge is 0.311 e. The monoisotopic (exact) mass is 271 g/mol. The van der Waals surface area contributed by atoms with Crippen LogP contribution in [0.5, 0.6) is 0 Å². The second-order valence-electron chi connectivity index (χ2n) is 3.84. The normalized spacial score (nSPS) is 10.5. The molecule has 0 aliphatic heterocycles. The molecule has 0 radical (unpaired) electrons. The fourth-order valence-electron chi connectivity index (χ4n) is 1.37. The summed E-state index contributed by atoms with van der Waals surface area (Å²) in [6.45, 7) is 5.43. The van der Waals surface area contributed by atoms with Crippen molar-refractivity contribution in [3.8, 4) is 0 Å². The summed E-state index contributed by atoms with van der Waals surface area (Å²) in [5.41, 5.74) is 0. The summed E-state index contributed by atoms with van der Waals surface area (Å²) >= 11 is 1.57. The number of carbonyl (C=O) groups is 1. The first kappa shape index (κ1) is 15.1. The van der Waals surface area contributed by atoms with Crippen molar-refractivity contribution in [2.75, 3.05) is 32.9 Å². The molecule has 102 valence electrons. The molecule has 0 aliphatic carbocycles. The van der Waals surface area contributed by atoms with Crippen LogP contribution in [0.2, 0.25) is 0 Å². The minimum Gasteiger partial charge on any atom is -0.463 e. The second-order valence-corrected chi connectivity index (χ2v) is 4.87. The van der Waals surface area contributed by atoms with Crippen LogP contribution < -0.4 is 5.32 Å². The van der Waals surface area contributed by atoms with Gasteiger partial charge >= 0.3 is 5.97 Å². The highest BCUT2D eigenvalue weighted by Gasteiger charge is 2.04. The lowest BCUT2D eigenvalue weighted by atomic mass is 10.3. The SMILES string of the molecule is CCCNCCOCCOC(=O)Cc1cccs1. The maximum Gasteiger partial charge on any atom is 0.311 e. The first-order chi connectivity index (χ1) is 8.83. The van der Waals surface area contributed by atoms with Gasteiger partial charge in [0, 0.05) is 11.4 Å². The largest absolute Gasteiger partial charge is 0.463 e. The Bertz CT molecular complexity index is 314. The van der Waals surface area contributed by atoms with Gasteiger partial charge in [-0.15, -0.1) is 11.3 Å². The molecule has 5 heteroatoms. The fourth-order valence-corrected chi connectivity index (χ4v) is 2.06. The molecular formula is C13H21NO3S. The van der Waals surface area contributed by atoms with Gasteiger partial charge in [0.25, 0.3) is 0 Å². The van der Waals surface area contributed by atoms with E-state index in [1.165, 1.54) is 0 Å². The number of esters is 1. The van der Waals surface area contributed by atoms with Gasteiger partial charge in [0.2, 0.25) is 0 Å². The maximum atomic E-state index is 11.4. The number of rotatable bonds is 10. The number of carbonyl (C=O) groups excluding carboxylic acids is 1. The number of ether oxygens (including phenoxy) is 2. The summed E-state index contributed by atoms with van der Waals surface area (Å²) in [6, 6.07) is 3.86. The van der Waals surface area contributed by atoms with Gasteiger partial charge in [-0.2, -0.15) is 0 Å². The average Bonchev–Trinajstić information content (AvgIpc) is 2.85. The van der Waals surface area contributed by atoms with Gasteiger partial charge in [0.1, 0.15) is 6.61 Å². The van der Waals surface area contributed by atoms with Gasteiger partial charge in [-0.25, -0.2) is 0 Å². The van der Waals surface area contributed by atoms with Crippen molar-refractivity contribution in [3.63, 3.8) is 0 Å². The van der Waals surface area contributed by atoms with E-state index in [0.29, 0.717) is 26.2 Å². The molecule has 0 spiro atoms. The number of hydrogen-bond donors (Lipinski definition) is 1. The zero-order valence-corrected chi connectivity index (χ0v) is 11.6. The standard InChI is InChI=1S/C13H21NO3S/c1-2-5-14-6-7-16-8-9-17-13(15)11-12-4-3-10-18-12/h3-4,10,14H,2,5-9,11H2,1H3. The van der Waals surface area contributed by atoms with Crippen LogP contribution in [-0.4, -0.2) is 38.9 Å². The molecule has 0 aromatic carbocycles. The molecule has 18 heavy (non-hydrogen) atoms. The van der Waals surface area contributed by atoms with E-state index in [-0.39, 0.29) is 5.97 Å². The lowest BCUT2D eigenvalue weighted by Gasteiger charge is -2.06. The third-order valence-corrected chi connectivity index (χ3v) is 3.12. The summed E-state index contributed by atoms with van der Waals surface area (Å²) in [6.07, 6.45) is 1.48. The molecule has 0 bridgehead atoms. The van der Waals surface area contributed by atoms with Gasteiger partial charge in [0.15, 0.2) is 0 Å². The molecule has 0 unspecified atom stereocenters. The van der Waals surface area contributed by atoms with Crippen LogP contribution >= 0.6 is 11.3 Å². The Morgan fingerprint density at radius 3 is 2.94 bits per heavy atom. The quantitative estimate of drug-likeness (QED) is 0.521. The van der Waals surface area contributed by atoms with E-state index in [4.69, 9.17) is 9.47 Å². The molecule has 0 amide bonds. The molecule has 4 nitrogen and oxygen atoms in total. The molecule has 1 N–H and O–H groups in total. The summed E-state index contributed by atoms with van der Waals surface area (Å²) < 4.78 is 10.4. The van der Waals surface area contributed by atoms with Crippen molar-refractivity contribution in [1.82, 2.24) is 5.32 Å². The Hall–Kier alpha value is -0.910. The van der Waals surface area contributed by atoms with E-state index in [9.17, 15) is 4.79 Å². The van der Waals surface area contributed by atoms with Crippen LogP contribution in [0.1, 0.15) is 18.2 Å².